The first-order valence-corrected chi connectivity index (χ1v) is 11.5. The fourth-order valence-corrected chi connectivity index (χ4v) is 4.65. The van der Waals surface area contributed by atoms with Gasteiger partial charge in [-0.05, 0) is 30.0 Å². The molecule has 0 unspecified atom stereocenters. The Bertz CT molecular complexity index is 933. The van der Waals surface area contributed by atoms with Crippen LogP contribution in [0.3, 0.4) is 0 Å². The van der Waals surface area contributed by atoms with Crippen molar-refractivity contribution in [1.82, 2.24) is 25.1 Å². The lowest BCUT2D eigenvalue weighted by molar-refractivity contribution is -0.120. The normalized spacial score (nSPS) is 14.1. The van der Waals surface area contributed by atoms with Crippen LogP contribution < -0.4 is 10.2 Å². The molecular weight excluding hydrogens is 392 g/mol. The topological polar surface area (TPSA) is 75.9 Å². The molecule has 0 radical (unpaired) electrons. The van der Waals surface area contributed by atoms with E-state index in [1.165, 1.54) is 12.8 Å². The monoisotopic (exact) mass is 416 g/mol. The molecule has 148 valence electrons. The van der Waals surface area contributed by atoms with Gasteiger partial charge in [-0.25, -0.2) is 14.6 Å². The van der Waals surface area contributed by atoms with Crippen molar-refractivity contribution in [2.45, 2.75) is 37.9 Å². The number of hydrogen-bond donors (Lipinski definition) is 1. The molecule has 1 N–H and O–H groups in total. The van der Waals surface area contributed by atoms with Gasteiger partial charge in [-0.2, -0.15) is 5.10 Å². The Hall–Kier alpha value is -2.13. The van der Waals surface area contributed by atoms with Gasteiger partial charge in [0.15, 0.2) is 10.8 Å². The summed E-state index contributed by atoms with van der Waals surface area (Å²) in [5.74, 6) is 1.96. The smallest absolute Gasteiger partial charge is 0.225 e. The molecule has 0 atom stereocenters. The summed E-state index contributed by atoms with van der Waals surface area (Å²) in [7, 11) is 0. The van der Waals surface area contributed by atoms with Gasteiger partial charge in [0, 0.05) is 24.5 Å². The summed E-state index contributed by atoms with van der Waals surface area (Å²) < 4.78 is 1.88. The zero-order valence-electron chi connectivity index (χ0n) is 15.9. The molecule has 1 aliphatic rings. The van der Waals surface area contributed by atoms with Crippen LogP contribution in [0.4, 0.5) is 5.82 Å². The van der Waals surface area contributed by atoms with E-state index in [1.807, 2.05) is 28.4 Å². The summed E-state index contributed by atoms with van der Waals surface area (Å²) in [4.78, 5) is 25.0. The van der Waals surface area contributed by atoms with E-state index in [0.717, 1.165) is 45.7 Å². The summed E-state index contributed by atoms with van der Waals surface area (Å²) >= 11 is 3.25. The Morgan fingerprint density at radius 2 is 2.18 bits per heavy atom. The van der Waals surface area contributed by atoms with E-state index in [2.05, 4.69) is 22.2 Å². The second kappa shape index (κ2) is 8.91. The number of anilines is 1. The molecule has 1 fully saturated rings. The van der Waals surface area contributed by atoms with Crippen LogP contribution in [0.2, 0.25) is 0 Å². The van der Waals surface area contributed by atoms with Crippen molar-refractivity contribution < 1.29 is 4.79 Å². The number of carbonyl (C=O) groups is 1. The van der Waals surface area contributed by atoms with E-state index in [1.54, 1.807) is 23.1 Å². The fraction of sp³-hybridized carbons (Fsp3) is 0.474. The predicted molar refractivity (Wildman–Crippen MR) is 114 cm³/mol. The Balaban J connectivity index is 1.48. The van der Waals surface area contributed by atoms with Gasteiger partial charge in [0.25, 0.3) is 0 Å². The molecule has 0 spiro atoms. The van der Waals surface area contributed by atoms with E-state index in [-0.39, 0.29) is 5.91 Å². The standard InChI is InChI=1S/C19H24N6OS2/c1-2-27-19-22-17(24-8-3-4-9-24)15-13-21-25(18(15)23-19)10-7-20-16(26)12-14-6-5-11-28-14/h5-6,11,13H,2-4,7-10,12H2,1H3,(H,20,26). The Morgan fingerprint density at radius 3 is 2.93 bits per heavy atom. The van der Waals surface area contributed by atoms with E-state index in [0.29, 0.717) is 19.5 Å². The van der Waals surface area contributed by atoms with Crippen molar-refractivity contribution in [3.8, 4) is 0 Å². The number of nitrogens with one attached hydrogen (secondary N) is 1. The summed E-state index contributed by atoms with van der Waals surface area (Å²) in [5, 5.41) is 11.3. The molecule has 0 aliphatic carbocycles. The van der Waals surface area contributed by atoms with Gasteiger partial charge >= 0.3 is 0 Å². The van der Waals surface area contributed by atoms with Crippen LogP contribution in [0, 0.1) is 0 Å². The molecule has 28 heavy (non-hydrogen) atoms. The molecule has 4 heterocycles. The summed E-state index contributed by atoms with van der Waals surface area (Å²) in [6, 6.07) is 3.95. The number of nitrogens with zero attached hydrogens (tertiary/aromatic N) is 5. The van der Waals surface area contributed by atoms with Gasteiger partial charge in [0.05, 0.1) is 24.5 Å². The van der Waals surface area contributed by atoms with E-state index in [9.17, 15) is 4.79 Å². The SMILES string of the molecule is CCSc1nc(N2CCCC2)c2cnn(CCNC(=O)Cc3cccs3)c2n1. The number of hydrogen-bond acceptors (Lipinski definition) is 7. The third kappa shape index (κ3) is 4.30. The average Bonchev–Trinajstić information content (AvgIpc) is 3.44. The average molecular weight is 417 g/mol. The molecule has 1 aliphatic heterocycles. The first kappa shape index (κ1) is 19.2. The molecule has 1 saturated heterocycles. The highest BCUT2D eigenvalue weighted by Gasteiger charge is 2.20. The van der Waals surface area contributed by atoms with Crippen LogP contribution in [0.25, 0.3) is 11.0 Å². The first-order chi connectivity index (χ1) is 13.7. The van der Waals surface area contributed by atoms with Crippen LogP contribution in [-0.2, 0) is 17.8 Å². The lowest BCUT2D eigenvalue weighted by Gasteiger charge is -2.17. The molecule has 4 rings (SSSR count). The number of rotatable bonds is 8. The summed E-state index contributed by atoms with van der Waals surface area (Å²) in [5.41, 5.74) is 0.848. The number of carbonyl (C=O) groups excluding carboxylic acids is 1. The first-order valence-electron chi connectivity index (χ1n) is 9.65. The van der Waals surface area contributed by atoms with Crippen molar-refractivity contribution in [3.05, 3.63) is 28.6 Å². The van der Waals surface area contributed by atoms with Crippen molar-refractivity contribution in [2.24, 2.45) is 0 Å². The maximum atomic E-state index is 12.1. The number of fused-ring (bicyclic) bond motifs is 1. The summed E-state index contributed by atoms with van der Waals surface area (Å²) in [6.07, 6.45) is 4.69. The molecule has 0 bridgehead atoms. The number of thioether (sulfide) groups is 1. The lowest BCUT2D eigenvalue weighted by atomic mass is 10.3. The van der Waals surface area contributed by atoms with E-state index >= 15 is 0 Å². The highest BCUT2D eigenvalue weighted by molar-refractivity contribution is 7.99. The Kier molecular flexibility index (Phi) is 6.11. The Labute approximate surface area is 172 Å². The highest BCUT2D eigenvalue weighted by Crippen LogP contribution is 2.29. The molecule has 1 amide bonds. The zero-order chi connectivity index (χ0) is 19.3. The molecule has 7 nitrogen and oxygen atoms in total. The van der Waals surface area contributed by atoms with Crippen LogP contribution in [0.15, 0.2) is 28.9 Å². The maximum absolute atomic E-state index is 12.1. The van der Waals surface area contributed by atoms with Crippen molar-refractivity contribution in [3.63, 3.8) is 0 Å². The van der Waals surface area contributed by atoms with E-state index < -0.39 is 0 Å². The molecule has 0 saturated carbocycles. The molecule has 3 aromatic rings. The Morgan fingerprint density at radius 1 is 1.32 bits per heavy atom. The van der Waals surface area contributed by atoms with Gasteiger partial charge in [0.1, 0.15) is 5.82 Å². The summed E-state index contributed by atoms with van der Waals surface area (Å²) in [6.45, 7) is 5.29. The maximum Gasteiger partial charge on any atom is 0.225 e. The zero-order valence-corrected chi connectivity index (χ0v) is 17.6. The van der Waals surface area contributed by atoms with Gasteiger partial charge < -0.3 is 10.2 Å². The second-order valence-corrected chi connectivity index (χ2v) is 8.93. The van der Waals surface area contributed by atoms with Gasteiger partial charge in [-0.3, -0.25) is 4.79 Å². The highest BCUT2D eigenvalue weighted by atomic mass is 32.2. The molecule has 0 aromatic carbocycles. The fourth-order valence-electron chi connectivity index (χ4n) is 3.38. The van der Waals surface area contributed by atoms with Gasteiger partial charge in [-0.15, -0.1) is 11.3 Å². The minimum absolute atomic E-state index is 0.0357. The van der Waals surface area contributed by atoms with Crippen molar-refractivity contribution >= 4 is 45.9 Å². The second-order valence-electron chi connectivity index (χ2n) is 6.67. The van der Waals surface area contributed by atoms with Crippen LogP contribution >= 0.6 is 23.1 Å². The van der Waals surface area contributed by atoms with Gasteiger partial charge in [-0.1, -0.05) is 24.8 Å². The molecule has 3 aromatic heterocycles. The number of aromatic nitrogens is 4. The van der Waals surface area contributed by atoms with Crippen LogP contribution in [0.1, 0.15) is 24.6 Å². The minimum atomic E-state index is 0.0357. The lowest BCUT2D eigenvalue weighted by Crippen LogP contribution is -2.28. The molecule has 9 heteroatoms. The third-order valence-electron chi connectivity index (χ3n) is 4.70. The van der Waals surface area contributed by atoms with Crippen molar-refractivity contribution in [2.75, 3.05) is 30.3 Å². The van der Waals surface area contributed by atoms with Crippen molar-refractivity contribution in [1.29, 1.82) is 0 Å². The van der Waals surface area contributed by atoms with Crippen LogP contribution in [0.5, 0.6) is 0 Å². The largest absolute Gasteiger partial charge is 0.356 e. The van der Waals surface area contributed by atoms with Gasteiger partial charge in [0.2, 0.25) is 5.91 Å². The number of thiophene rings is 1. The minimum Gasteiger partial charge on any atom is -0.356 e. The predicted octanol–water partition coefficient (Wildman–Crippen LogP) is 2.96. The molecular formula is C19H24N6OS2. The quantitative estimate of drug-likeness (QED) is 0.449. The van der Waals surface area contributed by atoms with E-state index in [4.69, 9.17) is 9.97 Å². The number of amides is 1. The van der Waals surface area contributed by atoms with Crippen LogP contribution in [-0.4, -0.2) is 51.0 Å². The third-order valence-corrected chi connectivity index (χ3v) is 6.30.